The third kappa shape index (κ3) is 4.98. The van der Waals surface area contributed by atoms with Gasteiger partial charge in [0.15, 0.2) is 0 Å². The molecule has 41 heavy (non-hydrogen) atoms. The van der Waals surface area contributed by atoms with Gasteiger partial charge in [0, 0.05) is 56.1 Å². The van der Waals surface area contributed by atoms with E-state index in [2.05, 4.69) is 93.2 Å². The largest absolute Gasteiger partial charge is 0.461 e. The molecule has 0 bridgehead atoms. The molecule has 0 aromatic heterocycles. The first-order valence-corrected chi connectivity index (χ1v) is 14.8. The number of fused-ring (bicyclic) bond motifs is 6. The van der Waals surface area contributed by atoms with Crippen LogP contribution in [-0.4, -0.2) is 74.7 Å². The highest BCUT2D eigenvalue weighted by Gasteiger charge is 2.54. The Labute approximate surface area is 244 Å². The summed E-state index contributed by atoms with van der Waals surface area (Å²) in [5.41, 5.74) is 4.00. The van der Waals surface area contributed by atoms with Crippen molar-refractivity contribution < 1.29 is 19.0 Å². The fourth-order valence-electron chi connectivity index (χ4n) is 6.67. The first kappa shape index (κ1) is 28.0. The molecule has 3 unspecified atom stereocenters. The third-order valence-corrected chi connectivity index (χ3v) is 8.75. The molecular formula is C34H43N3O4. The van der Waals surface area contributed by atoms with Gasteiger partial charge in [-0.3, -0.25) is 9.69 Å². The molecule has 218 valence electrons. The molecule has 6 rings (SSSR count). The molecule has 1 spiro atoms. The van der Waals surface area contributed by atoms with Crippen LogP contribution in [0.5, 0.6) is 5.75 Å². The summed E-state index contributed by atoms with van der Waals surface area (Å²) in [6, 6.07) is 12.6. The van der Waals surface area contributed by atoms with Crippen LogP contribution in [0, 0.1) is 5.92 Å². The highest BCUT2D eigenvalue weighted by Crippen LogP contribution is 2.57. The quantitative estimate of drug-likeness (QED) is 0.473. The summed E-state index contributed by atoms with van der Waals surface area (Å²) in [6.07, 6.45) is 8.54. The molecule has 3 heterocycles. The molecule has 3 atom stereocenters. The highest BCUT2D eigenvalue weighted by atomic mass is 16.5. The molecule has 0 N–H and O–H groups in total. The number of nitrogens with zero attached hydrogens (tertiary/aromatic N) is 3. The summed E-state index contributed by atoms with van der Waals surface area (Å²) in [4.78, 5) is 20.0. The summed E-state index contributed by atoms with van der Waals surface area (Å²) in [5.74, 6) is 1.63. The summed E-state index contributed by atoms with van der Waals surface area (Å²) >= 11 is 0. The summed E-state index contributed by atoms with van der Waals surface area (Å²) in [7, 11) is 8.21. The molecule has 1 amide bonds. The summed E-state index contributed by atoms with van der Waals surface area (Å²) in [5, 5.41) is 0. The van der Waals surface area contributed by atoms with Crippen molar-refractivity contribution in [1.82, 2.24) is 9.80 Å². The maximum Gasteiger partial charge on any atom is 0.253 e. The van der Waals surface area contributed by atoms with Crippen molar-refractivity contribution >= 4 is 11.6 Å². The minimum atomic E-state index is -0.767. The maximum absolute atomic E-state index is 13.8. The molecule has 7 nitrogen and oxygen atoms in total. The lowest BCUT2D eigenvalue weighted by atomic mass is 9.71. The molecule has 0 saturated carbocycles. The molecular weight excluding hydrogens is 514 g/mol. The van der Waals surface area contributed by atoms with Crippen molar-refractivity contribution in [2.24, 2.45) is 5.92 Å². The lowest BCUT2D eigenvalue weighted by Crippen LogP contribution is -2.44. The van der Waals surface area contributed by atoms with Gasteiger partial charge in [-0.2, -0.15) is 0 Å². The van der Waals surface area contributed by atoms with Crippen molar-refractivity contribution in [1.29, 1.82) is 0 Å². The van der Waals surface area contributed by atoms with Crippen molar-refractivity contribution in [3.8, 4) is 5.75 Å². The fourth-order valence-corrected chi connectivity index (χ4v) is 6.67. The molecule has 1 saturated heterocycles. The van der Waals surface area contributed by atoms with E-state index in [1.807, 2.05) is 25.1 Å². The van der Waals surface area contributed by atoms with Gasteiger partial charge in [0.2, 0.25) is 0 Å². The Morgan fingerprint density at radius 3 is 2.44 bits per heavy atom. The lowest BCUT2D eigenvalue weighted by molar-refractivity contribution is -0.0791. The Morgan fingerprint density at radius 1 is 1.00 bits per heavy atom. The summed E-state index contributed by atoms with van der Waals surface area (Å²) in [6.45, 7) is 8.16. The number of carbonyl (C=O) groups is 1. The van der Waals surface area contributed by atoms with E-state index in [4.69, 9.17) is 14.2 Å². The highest BCUT2D eigenvalue weighted by molar-refractivity contribution is 5.94. The van der Waals surface area contributed by atoms with Gasteiger partial charge in [-0.25, -0.2) is 0 Å². The van der Waals surface area contributed by atoms with Gasteiger partial charge in [0.05, 0.1) is 24.2 Å². The second-order valence-electron chi connectivity index (χ2n) is 13.2. The number of carbonyl (C=O) groups excluding carboxylic acids is 1. The Kier molecular flexibility index (Phi) is 7.04. The molecule has 3 aliphatic heterocycles. The first-order chi connectivity index (χ1) is 19.5. The van der Waals surface area contributed by atoms with Gasteiger partial charge in [0.1, 0.15) is 17.1 Å². The van der Waals surface area contributed by atoms with Crippen LogP contribution in [0.2, 0.25) is 0 Å². The van der Waals surface area contributed by atoms with Crippen molar-refractivity contribution in [2.75, 3.05) is 46.2 Å². The molecule has 1 fully saturated rings. The average Bonchev–Trinajstić information content (AvgIpc) is 3.30. The Hall–Kier alpha value is -3.13. The van der Waals surface area contributed by atoms with Gasteiger partial charge in [0.25, 0.3) is 5.91 Å². The van der Waals surface area contributed by atoms with Crippen LogP contribution < -0.4 is 9.64 Å². The van der Waals surface area contributed by atoms with Crippen LogP contribution in [0.3, 0.4) is 0 Å². The molecule has 0 radical (unpaired) electrons. The smallest absolute Gasteiger partial charge is 0.253 e. The third-order valence-electron chi connectivity index (χ3n) is 8.75. The van der Waals surface area contributed by atoms with Crippen LogP contribution >= 0.6 is 0 Å². The van der Waals surface area contributed by atoms with E-state index in [0.717, 1.165) is 46.7 Å². The van der Waals surface area contributed by atoms with Crippen molar-refractivity contribution in [3.63, 3.8) is 0 Å². The van der Waals surface area contributed by atoms with E-state index in [-0.39, 0.29) is 29.6 Å². The van der Waals surface area contributed by atoms with Gasteiger partial charge in [-0.1, -0.05) is 18.2 Å². The van der Waals surface area contributed by atoms with E-state index in [9.17, 15) is 4.79 Å². The zero-order chi connectivity index (χ0) is 29.1. The molecule has 4 aliphatic rings. The predicted octanol–water partition coefficient (Wildman–Crippen LogP) is 5.34. The van der Waals surface area contributed by atoms with E-state index >= 15 is 0 Å². The SMILES string of the molecule is CN(C)c1ccc2c(c1)OC1=CC(N(C)C)C=CC1C21OCc2ccc(C(=O)N3CCC(OC(C)(C)C)CC3)cc21. The number of hydrogen-bond donors (Lipinski definition) is 0. The van der Waals surface area contributed by atoms with Crippen LogP contribution in [0.15, 0.2) is 60.4 Å². The molecule has 7 heteroatoms. The second-order valence-corrected chi connectivity index (χ2v) is 13.2. The number of rotatable bonds is 4. The van der Waals surface area contributed by atoms with E-state index < -0.39 is 5.60 Å². The van der Waals surface area contributed by atoms with Gasteiger partial charge < -0.3 is 24.0 Å². The lowest BCUT2D eigenvalue weighted by Gasteiger charge is -2.44. The first-order valence-electron chi connectivity index (χ1n) is 14.8. The van der Waals surface area contributed by atoms with Crippen LogP contribution in [0.4, 0.5) is 5.69 Å². The summed E-state index contributed by atoms with van der Waals surface area (Å²) < 4.78 is 19.7. The number of ether oxygens (including phenoxy) is 3. The molecule has 2 aromatic rings. The maximum atomic E-state index is 13.8. The minimum Gasteiger partial charge on any atom is -0.461 e. The Morgan fingerprint density at radius 2 is 1.76 bits per heavy atom. The standard InChI is InChI=1S/C34H43N3O4/c1-33(2,3)41-26-14-16-37(17-15-26)32(38)22-8-9-23-21-39-34(29(23)18-22)27-12-10-24(35(4)5)19-30(27)40-31-20-25(36(6)7)11-13-28(31)34/h8-13,18-20,24,26-27H,14-17,21H2,1-7H3. The van der Waals surface area contributed by atoms with E-state index in [1.54, 1.807) is 0 Å². The monoisotopic (exact) mass is 557 g/mol. The number of hydrogen-bond acceptors (Lipinski definition) is 6. The average molecular weight is 558 g/mol. The molecule has 2 aromatic carbocycles. The van der Waals surface area contributed by atoms with Crippen molar-refractivity contribution in [2.45, 2.75) is 63.6 Å². The van der Waals surface area contributed by atoms with Gasteiger partial charge >= 0.3 is 0 Å². The van der Waals surface area contributed by atoms with Crippen LogP contribution in [0.1, 0.15) is 60.7 Å². The van der Waals surface area contributed by atoms with Crippen LogP contribution in [-0.2, 0) is 21.7 Å². The predicted molar refractivity (Wildman–Crippen MR) is 161 cm³/mol. The topological polar surface area (TPSA) is 54.5 Å². The normalized spacial score (nSPS) is 25.5. The zero-order valence-corrected chi connectivity index (χ0v) is 25.4. The van der Waals surface area contributed by atoms with Crippen molar-refractivity contribution in [3.05, 3.63) is 82.6 Å². The number of benzene rings is 2. The Bertz CT molecular complexity index is 1400. The number of anilines is 1. The number of amides is 1. The number of piperidine rings is 1. The van der Waals surface area contributed by atoms with E-state index in [1.165, 1.54) is 0 Å². The molecule has 1 aliphatic carbocycles. The van der Waals surface area contributed by atoms with Gasteiger partial charge in [-0.05, 0) is 89.2 Å². The zero-order valence-electron chi connectivity index (χ0n) is 25.4. The minimum absolute atomic E-state index is 0.0712. The Balaban J connectivity index is 1.37. The van der Waals surface area contributed by atoms with Gasteiger partial charge in [-0.15, -0.1) is 0 Å². The van der Waals surface area contributed by atoms with E-state index in [0.29, 0.717) is 25.3 Å². The fraction of sp³-hybridized carbons (Fsp3) is 0.500. The number of likely N-dealkylation sites (tertiary alicyclic amines) is 1. The van der Waals surface area contributed by atoms with Crippen LogP contribution in [0.25, 0.3) is 0 Å². The number of likely N-dealkylation sites (N-methyl/N-ethyl adjacent to an activating group) is 1. The second kappa shape index (κ2) is 10.3.